The Bertz CT molecular complexity index is 440. The minimum atomic E-state index is -1.44. The van der Waals surface area contributed by atoms with E-state index in [4.69, 9.17) is 16.3 Å². The standard InChI is InChI=1S/C10H12ClFN2O2/c1-3-16-9(15)7-6(11)8(13-14(7)2)10(12)4-5-10/h3-5H2,1-2H3. The molecule has 0 radical (unpaired) electrons. The number of hydrogen-bond donors (Lipinski definition) is 0. The third-order valence-corrected chi connectivity index (χ3v) is 2.93. The van der Waals surface area contributed by atoms with Crippen LogP contribution < -0.4 is 0 Å². The van der Waals surface area contributed by atoms with Gasteiger partial charge in [-0.1, -0.05) is 11.6 Å². The molecule has 1 heterocycles. The van der Waals surface area contributed by atoms with Crippen molar-refractivity contribution in [1.82, 2.24) is 9.78 Å². The summed E-state index contributed by atoms with van der Waals surface area (Å²) in [5.41, 5.74) is -1.18. The number of carbonyl (C=O) groups is 1. The van der Waals surface area contributed by atoms with Crippen molar-refractivity contribution in [2.75, 3.05) is 6.61 Å². The summed E-state index contributed by atoms with van der Waals surface area (Å²) in [6.45, 7) is 1.94. The van der Waals surface area contributed by atoms with E-state index in [9.17, 15) is 9.18 Å². The number of halogens is 2. The number of rotatable bonds is 3. The molecule has 1 aromatic heterocycles. The van der Waals surface area contributed by atoms with Crippen LogP contribution in [0.5, 0.6) is 0 Å². The number of carbonyl (C=O) groups excluding carboxylic acids is 1. The van der Waals surface area contributed by atoms with Crippen LogP contribution in [0.25, 0.3) is 0 Å². The molecule has 0 N–H and O–H groups in total. The van der Waals surface area contributed by atoms with Gasteiger partial charge in [0.05, 0.1) is 11.6 Å². The zero-order valence-corrected chi connectivity index (χ0v) is 9.84. The SMILES string of the molecule is CCOC(=O)c1c(Cl)c(C2(F)CC2)nn1C. The molecule has 88 valence electrons. The van der Waals surface area contributed by atoms with Gasteiger partial charge in [0.15, 0.2) is 11.4 Å². The van der Waals surface area contributed by atoms with Crippen molar-refractivity contribution < 1.29 is 13.9 Å². The smallest absolute Gasteiger partial charge is 0.358 e. The van der Waals surface area contributed by atoms with Crippen molar-refractivity contribution in [3.63, 3.8) is 0 Å². The molecule has 1 aliphatic rings. The zero-order chi connectivity index (χ0) is 11.9. The summed E-state index contributed by atoms with van der Waals surface area (Å²) < 4.78 is 19.9. The van der Waals surface area contributed by atoms with E-state index in [2.05, 4.69) is 5.10 Å². The number of ether oxygens (including phenoxy) is 1. The second-order valence-corrected chi connectivity index (χ2v) is 4.20. The van der Waals surface area contributed by atoms with Crippen LogP contribution in [0.3, 0.4) is 0 Å². The molecule has 6 heteroatoms. The second kappa shape index (κ2) is 3.73. The highest BCUT2D eigenvalue weighted by Crippen LogP contribution is 2.51. The predicted molar refractivity (Wildman–Crippen MR) is 56.2 cm³/mol. The second-order valence-electron chi connectivity index (χ2n) is 3.82. The predicted octanol–water partition coefficient (Wildman–Crippen LogP) is 2.21. The van der Waals surface area contributed by atoms with Crippen LogP contribution in [0.15, 0.2) is 0 Å². The summed E-state index contributed by atoms with van der Waals surface area (Å²) in [6, 6.07) is 0. The van der Waals surface area contributed by atoms with Gasteiger partial charge in [0.1, 0.15) is 5.69 Å². The van der Waals surface area contributed by atoms with Gasteiger partial charge in [0.25, 0.3) is 0 Å². The van der Waals surface area contributed by atoms with Gasteiger partial charge >= 0.3 is 5.97 Å². The molecule has 0 bridgehead atoms. The maximum Gasteiger partial charge on any atom is 0.358 e. The molecule has 0 atom stereocenters. The van der Waals surface area contributed by atoms with Crippen molar-refractivity contribution in [2.45, 2.75) is 25.4 Å². The highest BCUT2D eigenvalue weighted by atomic mass is 35.5. The first-order chi connectivity index (χ1) is 7.49. The molecule has 1 aromatic rings. The molecule has 0 amide bonds. The van der Waals surface area contributed by atoms with Crippen molar-refractivity contribution in [3.8, 4) is 0 Å². The van der Waals surface area contributed by atoms with Crippen LogP contribution in [-0.2, 0) is 17.5 Å². The van der Waals surface area contributed by atoms with Crippen LogP contribution in [-0.4, -0.2) is 22.4 Å². The molecular formula is C10H12ClFN2O2. The molecule has 4 nitrogen and oxygen atoms in total. The molecule has 16 heavy (non-hydrogen) atoms. The fourth-order valence-corrected chi connectivity index (χ4v) is 1.96. The number of aryl methyl sites for hydroxylation is 1. The summed E-state index contributed by atoms with van der Waals surface area (Å²) in [4.78, 5) is 11.6. The van der Waals surface area contributed by atoms with Gasteiger partial charge in [-0.25, -0.2) is 9.18 Å². The first-order valence-electron chi connectivity index (χ1n) is 5.08. The molecule has 0 aromatic carbocycles. The van der Waals surface area contributed by atoms with Crippen LogP contribution >= 0.6 is 11.6 Å². The Morgan fingerprint density at radius 3 is 2.81 bits per heavy atom. The van der Waals surface area contributed by atoms with E-state index < -0.39 is 11.6 Å². The lowest BCUT2D eigenvalue weighted by molar-refractivity contribution is 0.0514. The minimum absolute atomic E-state index is 0.0703. The first kappa shape index (κ1) is 11.4. The van der Waals surface area contributed by atoms with E-state index in [1.54, 1.807) is 14.0 Å². The Hall–Kier alpha value is -1.10. The average Bonchev–Trinajstić information content (AvgIpc) is 2.86. The fourth-order valence-electron chi connectivity index (χ4n) is 1.55. The van der Waals surface area contributed by atoms with E-state index in [1.165, 1.54) is 4.68 Å². The third kappa shape index (κ3) is 1.69. The number of alkyl halides is 1. The van der Waals surface area contributed by atoms with Crippen molar-refractivity contribution >= 4 is 17.6 Å². The number of aromatic nitrogens is 2. The summed E-state index contributed by atoms with van der Waals surface area (Å²) in [5, 5.41) is 4.03. The maximum atomic E-state index is 13.8. The third-order valence-electron chi connectivity index (χ3n) is 2.57. The fraction of sp³-hybridized carbons (Fsp3) is 0.600. The lowest BCUT2D eigenvalue weighted by Gasteiger charge is -2.02. The highest BCUT2D eigenvalue weighted by Gasteiger charge is 2.50. The number of hydrogen-bond acceptors (Lipinski definition) is 3. The van der Waals surface area contributed by atoms with E-state index in [-0.39, 0.29) is 23.0 Å². The molecule has 1 aliphatic carbocycles. The van der Waals surface area contributed by atoms with E-state index in [0.29, 0.717) is 12.8 Å². The Morgan fingerprint density at radius 1 is 1.69 bits per heavy atom. The molecule has 2 rings (SSSR count). The quantitative estimate of drug-likeness (QED) is 0.768. The van der Waals surface area contributed by atoms with Crippen LogP contribution in [0, 0.1) is 0 Å². The van der Waals surface area contributed by atoms with Gasteiger partial charge in [-0.3, -0.25) is 4.68 Å². The summed E-state index contributed by atoms with van der Waals surface area (Å²) in [6.07, 6.45) is 0.817. The van der Waals surface area contributed by atoms with E-state index in [1.807, 2.05) is 0 Å². The van der Waals surface area contributed by atoms with Crippen molar-refractivity contribution in [3.05, 3.63) is 16.4 Å². The van der Waals surface area contributed by atoms with Crippen molar-refractivity contribution in [2.24, 2.45) is 7.05 Å². The Morgan fingerprint density at radius 2 is 2.31 bits per heavy atom. The normalized spacial score (nSPS) is 17.2. The lowest BCUT2D eigenvalue weighted by Crippen LogP contribution is -2.10. The topological polar surface area (TPSA) is 44.1 Å². The van der Waals surface area contributed by atoms with Gasteiger partial charge in [0.2, 0.25) is 0 Å². The Balaban J connectivity index is 2.39. The summed E-state index contributed by atoms with van der Waals surface area (Å²) in [7, 11) is 1.55. The molecule has 0 aliphatic heterocycles. The summed E-state index contributed by atoms with van der Waals surface area (Å²) in [5.74, 6) is -0.571. The minimum Gasteiger partial charge on any atom is -0.461 e. The van der Waals surface area contributed by atoms with Crippen LogP contribution in [0.4, 0.5) is 4.39 Å². The van der Waals surface area contributed by atoms with Gasteiger partial charge in [-0.2, -0.15) is 5.10 Å². The summed E-state index contributed by atoms with van der Waals surface area (Å²) >= 11 is 5.96. The molecule has 1 saturated carbocycles. The average molecular weight is 247 g/mol. The Kier molecular flexibility index (Phi) is 2.66. The molecule has 0 spiro atoms. The highest BCUT2D eigenvalue weighted by molar-refractivity contribution is 6.34. The van der Waals surface area contributed by atoms with Crippen LogP contribution in [0.1, 0.15) is 35.9 Å². The van der Waals surface area contributed by atoms with Gasteiger partial charge < -0.3 is 4.74 Å². The zero-order valence-electron chi connectivity index (χ0n) is 9.09. The lowest BCUT2D eigenvalue weighted by atomic mass is 10.2. The van der Waals surface area contributed by atoms with Gasteiger partial charge in [-0.15, -0.1) is 0 Å². The number of esters is 1. The van der Waals surface area contributed by atoms with E-state index in [0.717, 1.165) is 0 Å². The van der Waals surface area contributed by atoms with E-state index >= 15 is 0 Å². The van der Waals surface area contributed by atoms with Crippen LogP contribution in [0.2, 0.25) is 5.02 Å². The van der Waals surface area contributed by atoms with Gasteiger partial charge in [0, 0.05) is 7.05 Å². The van der Waals surface area contributed by atoms with Crippen molar-refractivity contribution in [1.29, 1.82) is 0 Å². The largest absolute Gasteiger partial charge is 0.461 e. The first-order valence-corrected chi connectivity index (χ1v) is 5.46. The molecule has 0 saturated heterocycles. The maximum absolute atomic E-state index is 13.8. The molecule has 1 fully saturated rings. The molecular weight excluding hydrogens is 235 g/mol. The molecule has 0 unspecified atom stereocenters. The Labute approximate surface area is 97.3 Å². The number of nitrogens with zero attached hydrogens (tertiary/aromatic N) is 2. The van der Waals surface area contributed by atoms with Gasteiger partial charge in [-0.05, 0) is 19.8 Å². The monoisotopic (exact) mass is 246 g/mol.